The number of nitrogens with one attached hydrogen (secondary N) is 13. The number of nitrogens with two attached hydrogens (primary N) is 2. The minimum absolute atomic E-state index is 0.00450. The molecule has 0 aliphatic carbocycles. The van der Waals surface area contributed by atoms with Gasteiger partial charge in [0.2, 0.25) is 53.2 Å². The van der Waals surface area contributed by atoms with E-state index >= 15 is 9.59 Å². The van der Waals surface area contributed by atoms with Gasteiger partial charge in [-0.25, -0.2) is 9.78 Å². The summed E-state index contributed by atoms with van der Waals surface area (Å²) in [6.07, 6.45) is 8.56. The van der Waals surface area contributed by atoms with E-state index in [0.717, 1.165) is 32.7 Å². The molecule has 0 fully saturated rings. The Morgan fingerprint density at radius 2 is 0.806 bits per heavy atom. The average Bonchev–Trinajstić information content (AvgIpc) is 1.71. The number of rotatable bonds is 33. The molecule has 98 heavy (non-hydrogen) atoms. The molecular formula is C71H78N16O11. The maximum Gasteiger partial charge on any atom is 0.326 e. The zero-order valence-electron chi connectivity index (χ0n) is 53.8. The summed E-state index contributed by atoms with van der Waals surface area (Å²) >= 11 is 0. The summed E-state index contributed by atoms with van der Waals surface area (Å²) in [5.41, 5.74) is 18.6. The van der Waals surface area contributed by atoms with Crippen LogP contribution in [-0.2, 0) is 86.5 Å². The van der Waals surface area contributed by atoms with E-state index in [2.05, 4.69) is 72.4 Å². The van der Waals surface area contributed by atoms with Crippen molar-refractivity contribution in [2.24, 2.45) is 17.4 Å². The topological polar surface area (TPSA) is 431 Å². The van der Waals surface area contributed by atoms with Gasteiger partial charge in [0.15, 0.2) is 0 Å². The van der Waals surface area contributed by atoms with Crippen LogP contribution in [0.15, 0.2) is 165 Å². The van der Waals surface area contributed by atoms with Crippen LogP contribution in [0.5, 0.6) is 0 Å². The summed E-state index contributed by atoms with van der Waals surface area (Å²) < 4.78 is 0. The van der Waals surface area contributed by atoms with Gasteiger partial charge in [-0.05, 0) is 64.4 Å². The van der Waals surface area contributed by atoms with E-state index in [-0.39, 0.29) is 50.9 Å². The largest absolute Gasteiger partial charge is 0.480 e. The van der Waals surface area contributed by atoms with Gasteiger partial charge in [0.05, 0.1) is 25.3 Å². The molecule has 27 heteroatoms. The number of carbonyl (C=O) groups excluding carboxylic acids is 9. The van der Waals surface area contributed by atoms with Crippen LogP contribution in [0, 0.1) is 5.92 Å². The van der Waals surface area contributed by atoms with Crippen LogP contribution in [0.1, 0.15) is 60.2 Å². The number of nitrogens with zero attached hydrogens (tertiary/aromatic N) is 1. The van der Waals surface area contributed by atoms with Crippen molar-refractivity contribution in [1.29, 1.82) is 0 Å². The fraction of sp³-hybridized carbons (Fsp3) is 0.282. The van der Waals surface area contributed by atoms with Crippen LogP contribution in [0.2, 0.25) is 0 Å². The molecule has 5 heterocycles. The molecule has 0 aliphatic rings. The Bertz CT molecular complexity index is 4500. The van der Waals surface area contributed by atoms with Gasteiger partial charge >= 0.3 is 5.97 Å². The standard InChI is InChI=1S/C71H78N16O11/c1-39(2)24-55(83-68(94)58(28-43-34-77-53-22-12-8-18-48(43)53)82-64(90)50(72)30-45-36-74-38-80-45)66(92)85-59(29-44-35-78-54-23-13-9-19-49(44)54)69(95)84-56(26-41-32-75-51-20-10-6-16-46(41)51)65(91)79-37-63(89)81-57(27-42-33-76-52-21-11-7-17-47(42)52)67(93)86-60(31-62(73)88)70(96)87-61(71(97)98)25-40-14-4-3-5-15-40/h3-23,32-36,38-39,50,55-61,75-78H,24-31,37,72H2,1-2H3,(H2,73,88)(H,74,80)(H,79,91)(H,81,89)(H,82,90)(H,83,94)(H,84,95)(H,85,92)(H,86,93)(H,87,96)(H,97,98)/t50-,55-,56-,57-,58-,59-,60-,61-/m0/s1. The van der Waals surface area contributed by atoms with Crippen LogP contribution in [0.25, 0.3) is 43.6 Å². The first kappa shape index (κ1) is 69.0. The first-order valence-corrected chi connectivity index (χ1v) is 32.1. The van der Waals surface area contributed by atoms with Crippen molar-refractivity contribution >= 4 is 103 Å². The number of para-hydroxylation sites is 4. The predicted octanol–water partition coefficient (Wildman–Crippen LogP) is 2.93. The van der Waals surface area contributed by atoms with Gasteiger partial charge in [0.1, 0.15) is 42.3 Å². The van der Waals surface area contributed by atoms with E-state index in [1.54, 1.807) is 85.5 Å². The average molecular weight is 1330 g/mol. The molecule has 9 amide bonds. The number of aromatic amines is 5. The summed E-state index contributed by atoms with van der Waals surface area (Å²) in [6, 6.07) is 26.5. The van der Waals surface area contributed by atoms with Gasteiger partial charge in [0, 0.05) is 119 Å². The molecule has 0 saturated carbocycles. The lowest BCUT2D eigenvalue weighted by molar-refractivity contribution is -0.142. The molecule has 5 aromatic carbocycles. The third-order valence-corrected chi connectivity index (χ3v) is 17.0. The van der Waals surface area contributed by atoms with E-state index in [0.29, 0.717) is 44.4 Å². The normalized spacial score (nSPS) is 13.9. The first-order chi connectivity index (χ1) is 47.2. The van der Waals surface area contributed by atoms with Crippen LogP contribution >= 0.6 is 0 Å². The number of benzene rings is 5. The van der Waals surface area contributed by atoms with Gasteiger partial charge in [-0.15, -0.1) is 0 Å². The Labute approximate surface area is 561 Å². The Hall–Kier alpha value is -11.9. The number of carboxylic acids is 1. The van der Waals surface area contributed by atoms with E-state index in [9.17, 15) is 43.5 Å². The van der Waals surface area contributed by atoms with E-state index in [1.807, 2.05) is 80.6 Å². The minimum Gasteiger partial charge on any atom is -0.480 e. The van der Waals surface area contributed by atoms with Crippen molar-refractivity contribution < 1.29 is 53.1 Å². The lowest BCUT2D eigenvalue weighted by Crippen LogP contribution is -2.60. The van der Waals surface area contributed by atoms with Crippen molar-refractivity contribution in [2.75, 3.05) is 6.54 Å². The number of fused-ring (bicyclic) bond motifs is 4. The monoisotopic (exact) mass is 1330 g/mol. The molecule has 8 atom stereocenters. The molecular weight excluding hydrogens is 1250 g/mol. The van der Waals surface area contributed by atoms with Crippen molar-refractivity contribution in [3.05, 3.63) is 198 Å². The molecule has 0 radical (unpaired) electrons. The summed E-state index contributed by atoms with van der Waals surface area (Å²) in [7, 11) is 0. The second-order valence-corrected chi connectivity index (χ2v) is 24.7. The Kier molecular flexibility index (Phi) is 22.6. The van der Waals surface area contributed by atoms with Gasteiger partial charge < -0.3 is 84.0 Å². The SMILES string of the molecule is CC(C)C[C@H](NC(=O)[C@H](Cc1c[nH]c2ccccc12)NC(=O)[C@@H](N)Cc1cnc[nH]1)C(=O)N[C@@H](Cc1c[nH]c2ccccc12)C(=O)N[C@@H](Cc1c[nH]c2ccccc12)C(=O)NCC(=O)N[C@@H](Cc1c[nH]c2ccccc12)C(=O)N[C@@H](CC(N)=O)C(=O)N[C@@H](Cc1ccccc1)C(=O)O. The number of hydrogen-bond donors (Lipinski definition) is 16. The smallest absolute Gasteiger partial charge is 0.326 e. The molecule has 0 spiro atoms. The maximum absolute atomic E-state index is 15.3. The fourth-order valence-electron chi connectivity index (χ4n) is 12.0. The highest BCUT2D eigenvalue weighted by atomic mass is 16.4. The van der Waals surface area contributed by atoms with E-state index < -0.39 is 120 Å². The number of hydrogen-bond acceptors (Lipinski definition) is 12. The minimum atomic E-state index is -1.70. The number of carbonyl (C=O) groups is 10. The summed E-state index contributed by atoms with van der Waals surface area (Å²) in [5.74, 6) is -9.27. The molecule has 5 aromatic heterocycles. The summed E-state index contributed by atoms with van der Waals surface area (Å²) in [4.78, 5) is 161. The second-order valence-electron chi connectivity index (χ2n) is 24.7. The van der Waals surface area contributed by atoms with Crippen LogP contribution < -0.4 is 54.0 Å². The van der Waals surface area contributed by atoms with Crippen molar-refractivity contribution in [3.8, 4) is 0 Å². The third kappa shape index (κ3) is 17.9. The Balaban J connectivity index is 0.896. The summed E-state index contributed by atoms with van der Waals surface area (Å²) in [5, 5.41) is 34.7. The number of aromatic nitrogens is 6. The van der Waals surface area contributed by atoms with Crippen LogP contribution in [0.3, 0.4) is 0 Å². The van der Waals surface area contributed by atoms with Gasteiger partial charge in [-0.2, -0.15) is 0 Å². The maximum atomic E-state index is 15.3. The van der Waals surface area contributed by atoms with E-state index in [4.69, 9.17) is 11.5 Å². The van der Waals surface area contributed by atoms with Crippen molar-refractivity contribution in [1.82, 2.24) is 72.4 Å². The van der Waals surface area contributed by atoms with Gasteiger partial charge in [-0.3, -0.25) is 43.2 Å². The van der Waals surface area contributed by atoms with Gasteiger partial charge in [-0.1, -0.05) is 117 Å². The molecule has 0 bridgehead atoms. The molecule has 10 aromatic rings. The predicted molar refractivity (Wildman–Crippen MR) is 366 cm³/mol. The van der Waals surface area contributed by atoms with Crippen molar-refractivity contribution in [3.63, 3.8) is 0 Å². The fourth-order valence-corrected chi connectivity index (χ4v) is 12.0. The molecule has 18 N–H and O–H groups in total. The molecule has 0 unspecified atom stereocenters. The van der Waals surface area contributed by atoms with E-state index in [1.165, 1.54) is 12.5 Å². The van der Waals surface area contributed by atoms with Gasteiger partial charge in [0.25, 0.3) is 0 Å². The Morgan fingerprint density at radius 1 is 0.429 bits per heavy atom. The molecule has 27 nitrogen and oxygen atoms in total. The molecule has 10 rings (SSSR count). The molecule has 0 saturated heterocycles. The highest BCUT2D eigenvalue weighted by Crippen LogP contribution is 2.24. The number of primary amides is 1. The lowest BCUT2D eigenvalue weighted by atomic mass is 9.99. The number of amides is 9. The second kappa shape index (κ2) is 32.0. The zero-order valence-corrected chi connectivity index (χ0v) is 53.8. The lowest BCUT2D eigenvalue weighted by Gasteiger charge is -2.28. The van der Waals surface area contributed by atoms with Crippen LogP contribution in [0.4, 0.5) is 0 Å². The van der Waals surface area contributed by atoms with Crippen LogP contribution in [-0.4, -0.2) is 149 Å². The number of H-pyrrole nitrogens is 5. The van der Waals surface area contributed by atoms with Crippen molar-refractivity contribution in [2.45, 2.75) is 114 Å². The third-order valence-electron chi connectivity index (χ3n) is 17.0. The Morgan fingerprint density at radius 3 is 1.23 bits per heavy atom. The highest BCUT2D eigenvalue weighted by Gasteiger charge is 2.36. The highest BCUT2D eigenvalue weighted by molar-refractivity contribution is 6.00. The summed E-state index contributed by atoms with van der Waals surface area (Å²) in [6.45, 7) is 2.93. The quantitative estimate of drug-likeness (QED) is 0.0282. The molecule has 0 aliphatic heterocycles. The first-order valence-electron chi connectivity index (χ1n) is 32.1. The number of carboxylic acid groups (broad SMARTS) is 1. The number of aliphatic carboxylic acids is 1. The zero-order chi connectivity index (χ0) is 69.4. The number of imidazole rings is 1. The molecule has 508 valence electrons.